The van der Waals surface area contributed by atoms with Crippen molar-refractivity contribution in [1.29, 1.82) is 0 Å². The summed E-state index contributed by atoms with van der Waals surface area (Å²) in [5, 5.41) is 13.3. The molecule has 24 heavy (non-hydrogen) atoms. The maximum absolute atomic E-state index is 11.9. The van der Waals surface area contributed by atoms with E-state index < -0.39 is 0 Å². The maximum Gasteiger partial charge on any atom is 0.315 e. The molecule has 3 N–H and O–H groups in total. The van der Waals surface area contributed by atoms with E-state index in [1.54, 1.807) is 0 Å². The van der Waals surface area contributed by atoms with Gasteiger partial charge in [0.15, 0.2) is 5.82 Å². The molecule has 1 aliphatic carbocycles. The monoisotopic (exact) mass is 357 g/mol. The summed E-state index contributed by atoms with van der Waals surface area (Å²) in [7, 11) is 0. The highest BCUT2D eigenvalue weighted by Gasteiger charge is 2.20. The van der Waals surface area contributed by atoms with Gasteiger partial charge in [-0.2, -0.15) is 4.98 Å². The van der Waals surface area contributed by atoms with Gasteiger partial charge in [0, 0.05) is 6.04 Å². The Balaban J connectivity index is 0.00000208. The van der Waals surface area contributed by atoms with Gasteiger partial charge in [0.2, 0.25) is 5.89 Å². The Hall–Kier alpha value is -1.34. The second kappa shape index (κ2) is 9.84. The number of nitrogens with one attached hydrogen (secondary N) is 3. The van der Waals surface area contributed by atoms with E-state index in [4.69, 9.17) is 4.52 Å². The van der Waals surface area contributed by atoms with Gasteiger partial charge in [0.25, 0.3) is 0 Å². The van der Waals surface area contributed by atoms with Crippen LogP contribution in [-0.4, -0.2) is 28.8 Å². The second-order valence-electron chi connectivity index (χ2n) is 6.56. The number of nitrogens with zero attached hydrogens (tertiary/aromatic N) is 2. The van der Waals surface area contributed by atoms with Gasteiger partial charge in [-0.05, 0) is 32.2 Å². The van der Waals surface area contributed by atoms with Crippen LogP contribution in [0.1, 0.15) is 75.5 Å². The van der Waals surface area contributed by atoms with Crippen LogP contribution in [-0.2, 0) is 6.54 Å². The second-order valence-corrected chi connectivity index (χ2v) is 6.56. The number of carbonyl (C=O) groups excluding carboxylic acids is 1. The van der Waals surface area contributed by atoms with Crippen molar-refractivity contribution in [2.75, 3.05) is 6.54 Å². The minimum atomic E-state index is -0.149. The molecule has 1 saturated heterocycles. The zero-order valence-electron chi connectivity index (χ0n) is 14.1. The van der Waals surface area contributed by atoms with Crippen molar-refractivity contribution < 1.29 is 9.32 Å². The van der Waals surface area contributed by atoms with E-state index in [0.29, 0.717) is 17.8 Å². The molecule has 2 heterocycles. The molecule has 136 valence electrons. The largest absolute Gasteiger partial charge is 0.337 e. The summed E-state index contributed by atoms with van der Waals surface area (Å²) in [4.78, 5) is 16.3. The van der Waals surface area contributed by atoms with Crippen molar-refractivity contribution in [2.24, 2.45) is 0 Å². The SMILES string of the molecule is Cl.O=C(NCc1nc(C2CCCCCN2)no1)NC1CCCCC1. The van der Waals surface area contributed by atoms with Gasteiger partial charge in [0.1, 0.15) is 0 Å². The first kappa shape index (κ1) is 19.0. The van der Waals surface area contributed by atoms with Gasteiger partial charge >= 0.3 is 6.03 Å². The van der Waals surface area contributed by atoms with E-state index in [-0.39, 0.29) is 31.0 Å². The maximum atomic E-state index is 11.9. The Labute approximate surface area is 149 Å². The van der Waals surface area contributed by atoms with Crippen LogP contribution in [0.3, 0.4) is 0 Å². The molecule has 1 unspecified atom stereocenters. The Morgan fingerprint density at radius 3 is 2.71 bits per heavy atom. The minimum absolute atomic E-state index is 0. The fourth-order valence-corrected chi connectivity index (χ4v) is 3.37. The van der Waals surface area contributed by atoms with Crippen LogP contribution in [0.4, 0.5) is 4.79 Å². The van der Waals surface area contributed by atoms with Crippen LogP contribution in [0, 0.1) is 0 Å². The molecule has 2 fully saturated rings. The van der Waals surface area contributed by atoms with Crippen LogP contribution in [0.2, 0.25) is 0 Å². The standard InChI is InChI=1S/C16H27N5O2.ClH/c22-16(19-12-7-3-1-4-8-12)18-11-14-20-15(21-23-14)13-9-5-2-6-10-17-13;/h12-13,17H,1-11H2,(H2,18,19,22);1H. The predicted octanol–water partition coefficient (Wildman–Crippen LogP) is 2.83. The zero-order valence-corrected chi connectivity index (χ0v) is 14.9. The molecule has 2 amide bonds. The Morgan fingerprint density at radius 2 is 1.88 bits per heavy atom. The lowest BCUT2D eigenvalue weighted by atomic mass is 9.96. The molecule has 8 heteroatoms. The van der Waals surface area contributed by atoms with Crippen molar-refractivity contribution in [2.45, 2.75) is 76.4 Å². The normalized spacial score (nSPS) is 22.2. The highest BCUT2D eigenvalue weighted by Crippen LogP contribution is 2.20. The fourth-order valence-electron chi connectivity index (χ4n) is 3.37. The summed E-state index contributed by atoms with van der Waals surface area (Å²) in [6.07, 6.45) is 10.5. The van der Waals surface area contributed by atoms with Gasteiger partial charge in [-0.15, -0.1) is 12.4 Å². The molecule has 2 aliphatic rings. The molecular weight excluding hydrogens is 330 g/mol. The number of aromatic nitrogens is 2. The lowest BCUT2D eigenvalue weighted by Gasteiger charge is -2.22. The van der Waals surface area contributed by atoms with Crippen LogP contribution >= 0.6 is 12.4 Å². The smallest absolute Gasteiger partial charge is 0.315 e. The first-order chi connectivity index (χ1) is 11.3. The summed E-state index contributed by atoms with van der Waals surface area (Å²) >= 11 is 0. The highest BCUT2D eigenvalue weighted by atomic mass is 35.5. The average molecular weight is 358 g/mol. The molecule has 1 atom stereocenters. The van der Waals surface area contributed by atoms with Gasteiger partial charge < -0.3 is 20.5 Å². The van der Waals surface area contributed by atoms with Crippen molar-refractivity contribution in [3.63, 3.8) is 0 Å². The molecule has 0 bridgehead atoms. The zero-order chi connectivity index (χ0) is 15.9. The molecule has 1 saturated carbocycles. The number of hydrogen-bond donors (Lipinski definition) is 3. The van der Waals surface area contributed by atoms with E-state index >= 15 is 0 Å². The molecule has 1 aliphatic heterocycles. The number of carbonyl (C=O) groups is 1. The third-order valence-electron chi connectivity index (χ3n) is 4.70. The Bertz CT molecular complexity index is 496. The molecule has 3 rings (SSSR count). The lowest BCUT2D eigenvalue weighted by molar-refractivity contribution is 0.230. The van der Waals surface area contributed by atoms with E-state index in [9.17, 15) is 4.79 Å². The molecule has 0 radical (unpaired) electrons. The van der Waals surface area contributed by atoms with Crippen LogP contribution in [0.5, 0.6) is 0 Å². The van der Waals surface area contributed by atoms with Crippen molar-refractivity contribution in [1.82, 2.24) is 26.1 Å². The molecule has 7 nitrogen and oxygen atoms in total. The van der Waals surface area contributed by atoms with Gasteiger partial charge in [-0.25, -0.2) is 4.79 Å². The van der Waals surface area contributed by atoms with Crippen molar-refractivity contribution in [3.05, 3.63) is 11.7 Å². The number of amides is 2. The van der Waals surface area contributed by atoms with Crippen molar-refractivity contribution >= 4 is 18.4 Å². The van der Waals surface area contributed by atoms with Gasteiger partial charge in [-0.1, -0.05) is 37.3 Å². The van der Waals surface area contributed by atoms with E-state index in [1.807, 2.05) is 0 Å². The van der Waals surface area contributed by atoms with E-state index in [2.05, 4.69) is 26.1 Å². The first-order valence-corrected chi connectivity index (χ1v) is 8.91. The fraction of sp³-hybridized carbons (Fsp3) is 0.812. The van der Waals surface area contributed by atoms with Gasteiger partial charge in [-0.3, -0.25) is 0 Å². The average Bonchev–Trinajstić information content (AvgIpc) is 2.87. The lowest BCUT2D eigenvalue weighted by Crippen LogP contribution is -2.42. The Kier molecular flexibility index (Phi) is 7.78. The third kappa shape index (κ3) is 5.63. The van der Waals surface area contributed by atoms with Crippen LogP contribution in [0.25, 0.3) is 0 Å². The highest BCUT2D eigenvalue weighted by molar-refractivity contribution is 5.85. The Morgan fingerprint density at radius 1 is 1.12 bits per heavy atom. The topological polar surface area (TPSA) is 92.1 Å². The number of hydrogen-bond acceptors (Lipinski definition) is 5. The summed E-state index contributed by atoms with van der Waals surface area (Å²) in [6.45, 7) is 1.27. The van der Waals surface area contributed by atoms with Gasteiger partial charge in [0.05, 0.1) is 12.6 Å². The number of rotatable bonds is 4. The van der Waals surface area contributed by atoms with Crippen molar-refractivity contribution in [3.8, 4) is 0 Å². The summed E-state index contributed by atoms with van der Waals surface area (Å²) in [6, 6.07) is 0.326. The first-order valence-electron chi connectivity index (χ1n) is 8.91. The third-order valence-corrected chi connectivity index (χ3v) is 4.70. The minimum Gasteiger partial charge on any atom is -0.337 e. The summed E-state index contributed by atoms with van der Waals surface area (Å²) in [5.41, 5.74) is 0. The summed E-state index contributed by atoms with van der Waals surface area (Å²) < 4.78 is 5.26. The quantitative estimate of drug-likeness (QED) is 0.770. The van der Waals surface area contributed by atoms with E-state index in [0.717, 1.165) is 25.8 Å². The molecular formula is C16H28ClN5O2. The van der Waals surface area contributed by atoms with Crippen LogP contribution < -0.4 is 16.0 Å². The van der Waals surface area contributed by atoms with Crippen LogP contribution in [0.15, 0.2) is 4.52 Å². The summed E-state index contributed by atoms with van der Waals surface area (Å²) in [5.74, 6) is 1.17. The van der Waals surface area contributed by atoms with E-state index in [1.165, 1.54) is 38.5 Å². The molecule has 0 spiro atoms. The molecule has 1 aromatic heterocycles. The number of halogens is 1. The predicted molar refractivity (Wildman–Crippen MR) is 93.0 cm³/mol. The molecule has 0 aromatic carbocycles. The molecule has 1 aromatic rings. The number of urea groups is 1.